The van der Waals surface area contributed by atoms with Crippen LogP contribution in [0.4, 0.5) is 0 Å². The van der Waals surface area contributed by atoms with Crippen LogP contribution in [0.2, 0.25) is 0 Å². The van der Waals surface area contributed by atoms with Crippen LogP contribution in [0.1, 0.15) is 26.8 Å². The number of hydrogen-bond acceptors (Lipinski definition) is 3. The summed E-state index contributed by atoms with van der Waals surface area (Å²) in [6, 6.07) is 10.5. The number of benzene rings is 1. The van der Waals surface area contributed by atoms with E-state index in [0.717, 1.165) is 31.0 Å². The van der Waals surface area contributed by atoms with Crippen LogP contribution < -0.4 is 0 Å². The largest absolute Gasteiger partial charge is 0.302 e. The molecule has 5 heteroatoms. The molecule has 1 aromatic heterocycles. The van der Waals surface area contributed by atoms with Crippen LogP contribution in [-0.4, -0.2) is 39.3 Å². The van der Waals surface area contributed by atoms with Gasteiger partial charge in [-0.25, -0.2) is 0 Å². The van der Waals surface area contributed by atoms with E-state index in [9.17, 15) is 0 Å². The molecule has 1 atom stereocenters. The first-order valence-corrected chi connectivity index (χ1v) is 7.52. The molecule has 0 saturated carbocycles. The number of hydrogen-bond donors (Lipinski definition) is 1. The number of aromatic nitrogens is 3. The summed E-state index contributed by atoms with van der Waals surface area (Å²) in [7, 11) is 0. The van der Waals surface area contributed by atoms with Gasteiger partial charge >= 0.3 is 0 Å². The van der Waals surface area contributed by atoms with Crippen molar-refractivity contribution in [2.45, 2.75) is 26.8 Å². The zero-order chi connectivity index (χ0) is 14.5. The van der Waals surface area contributed by atoms with Crippen molar-refractivity contribution in [3.05, 3.63) is 35.1 Å². The quantitative estimate of drug-likeness (QED) is 0.827. The molecular weight excluding hydrogens is 268 g/mol. The van der Waals surface area contributed by atoms with E-state index in [2.05, 4.69) is 52.6 Å². The normalized spacial score (nSPS) is 12.8. The minimum Gasteiger partial charge on any atom is -0.302 e. The SMILES string of the molecule is CCN(CC)CC(C)n1c(-c2ccccc2)n[nH]c1=S. The molecule has 0 radical (unpaired) electrons. The van der Waals surface area contributed by atoms with Gasteiger partial charge in [0.25, 0.3) is 0 Å². The lowest BCUT2D eigenvalue weighted by Gasteiger charge is -2.24. The molecule has 0 aliphatic carbocycles. The lowest BCUT2D eigenvalue weighted by atomic mass is 10.2. The molecule has 1 aromatic carbocycles. The Morgan fingerprint density at radius 1 is 1.25 bits per heavy atom. The summed E-state index contributed by atoms with van der Waals surface area (Å²) in [5, 5.41) is 7.32. The molecule has 0 aliphatic heterocycles. The second kappa shape index (κ2) is 6.81. The molecule has 20 heavy (non-hydrogen) atoms. The van der Waals surface area contributed by atoms with E-state index in [1.54, 1.807) is 0 Å². The van der Waals surface area contributed by atoms with Crippen molar-refractivity contribution in [2.24, 2.45) is 0 Å². The molecule has 0 aliphatic rings. The third-order valence-corrected chi connectivity index (χ3v) is 3.88. The number of nitrogens with one attached hydrogen (secondary N) is 1. The zero-order valence-electron chi connectivity index (χ0n) is 12.3. The van der Waals surface area contributed by atoms with Crippen molar-refractivity contribution in [1.29, 1.82) is 0 Å². The third kappa shape index (κ3) is 3.16. The molecule has 1 unspecified atom stereocenters. The van der Waals surface area contributed by atoms with Crippen LogP contribution in [0.3, 0.4) is 0 Å². The molecule has 0 fully saturated rings. The number of nitrogens with zero attached hydrogens (tertiary/aromatic N) is 3. The molecule has 0 saturated heterocycles. The Labute approximate surface area is 125 Å². The van der Waals surface area contributed by atoms with Gasteiger partial charge < -0.3 is 4.90 Å². The highest BCUT2D eigenvalue weighted by molar-refractivity contribution is 7.71. The lowest BCUT2D eigenvalue weighted by Crippen LogP contribution is -2.29. The highest BCUT2D eigenvalue weighted by Crippen LogP contribution is 2.21. The minimum absolute atomic E-state index is 0.288. The number of likely N-dealkylation sites (N-methyl/N-ethyl adjacent to an activating group) is 1. The predicted octanol–water partition coefficient (Wildman–Crippen LogP) is 3.51. The minimum atomic E-state index is 0.288. The number of H-pyrrole nitrogens is 1. The van der Waals surface area contributed by atoms with Gasteiger partial charge in [0, 0.05) is 18.2 Å². The molecule has 0 spiro atoms. The van der Waals surface area contributed by atoms with Crippen LogP contribution >= 0.6 is 12.2 Å². The summed E-state index contributed by atoms with van der Waals surface area (Å²) in [5.41, 5.74) is 1.09. The lowest BCUT2D eigenvalue weighted by molar-refractivity contribution is 0.261. The second-order valence-electron chi connectivity index (χ2n) is 4.92. The van der Waals surface area contributed by atoms with E-state index in [1.807, 2.05) is 18.2 Å². The number of rotatable bonds is 6. The molecule has 1 heterocycles. The van der Waals surface area contributed by atoms with Gasteiger partial charge in [0.15, 0.2) is 10.6 Å². The maximum atomic E-state index is 5.40. The summed E-state index contributed by atoms with van der Waals surface area (Å²) >= 11 is 5.40. The second-order valence-corrected chi connectivity index (χ2v) is 5.31. The van der Waals surface area contributed by atoms with Gasteiger partial charge in [-0.2, -0.15) is 5.10 Å². The fourth-order valence-electron chi connectivity index (χ4n) is 2.44. The standard InChI is InChI=1S/C15H22N4S/c1-4-18(5-2)11-12(3)19-14(16-17-15(19)20)13-9-7-6-8-10-13/h6-10,12H,4-5,11H2,1-3H3,(H,17,20). The van der Waals surface area contributed by atoms with Crippen molar-refractivity contribution in [1.82, 2.24) is 19.7 Å². The maximum absolute atomic E-state index is 5.40. The van der Waals surface area contributed by atoms with Crippen molar-refractivity contribution in [2.75, 3.05) is 19.6 Å². The van der Waals surface area contributed by atoms with E-state index < -0.39 is 0 Å². The smallest absolute Gasteiger partial charge is 0.195 e. The highest BCUT2D eigenvalue weighted by Gasteiger charge is 2.16. The molecular formula is C15H22N4S. The van der Waals surface area contributed by atoms with E-state index in [1.165, 1.54) is 0 Å². The zero-order valence-corrected chi connectivity index (χ0v) is 13.2. The van der Waals surface area contributed by atoms with Crippen LogP contribution in [0.5, 0.6) is 0 Å². The van der Waals surface area contributed by atoms with Gasteiger partial charge in [0.1, 0.15) is 0 Å². The maximum Gasteiger partial charge on any atom is 0.195 e. The summed E-state index contributed by atoms with van der Waals surface area (Å²) in [6.45, 7) is 9.63. The average Bonchev–Trinajstić information content (AvgIpc) is 2.87. The third-order valence-electron chi connectivity index (χ3n) is 3.59. The van der Waals surface area contributed by atoms with Crippen molar-refractivity contribution < 1.29 is 0 Å². The van der Waals surface area contributed by atoms with E-state index in [4.69, 9.17) is 12.2 Å². The van der Waals surface area contributed by atoms with Crippen molar-refractivity contribution >= 4 is 12.2 Å². The highest BCUT2D eigenvalue weighted by atomic mass is 32.1. The van der Waals surface area contributed by atoms with Gasteiger partial charge in [-0.1, -0.05) is 44.2 Å². The Balaban J connectivity index is 2.32. The van der Waals surface area contributed by atoms with Crippen LogP contribution in [0, 0.1) is 4.77 Å². The number of aromatic amines is 1. The van der Waals surface area contributed by atoms with Gasteiger partial charge in [-0.3, -0.25) is 9.67 Å². The monoisotopic (exact) mass is 290 g/mol. The topological polar surface area (TPSA) is 36.9 Å². The van der Waals surface area contributed by atoms with Crippen molar-refractivity contribution in [3.8, 4) is 11.4 Å². The van der Waals surface area contributed by atoms with Gasteiger partial charge in [0.2, 0.25) is 0 Å². The van der Waals surface area contributed by atoms with Gasteiger partial charge in [-0.15, -0.1) is 0 Å². The molecule has 0 amide bonds. The summed E-state index contributed by atoms with van der Waals surface area (Å²) in [6.07, 6.45) is 0. The molecule has 108 valence electrons. The fraction of sp³-hybridized carbons (Fsp3) is 0.467. The Kier molecular flexibility index (Phi) is 5.09. The fourth-order valence-corrected chi connectivity index (χ4v) is 2.75. The van der Waals surface area contributed by atoms with Crippen LogP contribution in [-0.2, 0) is 0 Å². The Morgan fingerprint density at radius 3 is 2.50 bits per heavy atom. The van der Waals surface area contributed by atoms with Crippen LogP contribution in [0.15, 0.2) is 30.3 Å². The van der Waals surface area contributed by atoms with E-state index in [-0.39, 0.29) is 6.04 Å². The first kappa shape index (κ1) is 14.9. The van der Waals surface area contributed by atoms with Gasteiger partial charge in [0.05, 0.1) is 0 Å². The van der Waals surface area contributed by atoms with Crippen LogP contribution in [0.25, 0.3) is 11.4 Å². The Morgan fingerprint density at radius 2 is 1.90 bits per heavy atom. The summed E-state index contributed by atoms with van der Waals surface area (Å²) in [5.74, 6) is 0.912. The summed E-state index contributed by atoms with van der Waals surface area (Å²) in [4.78, 5) is 2.40. The Bertz CT molecular complexity index is 583. The molecule has 0 bridgehead atoms. The Hall–Kier alpha value is -1.46. The van der Waals surface area contributed by atoms with Crippen molar-refractivity contribution in [3.63, 3.8) is 0 Å². The van der Waals surface area contributed by atoms with E-state index >= 15 is 0 Å². The molecule has 2 aromatic rings. The summed E-state index contributed by atoms with van der Waals surface area (Å²) < 4.78 is 2.80. The molecule has 4 nitrogen and oxygen atoms in total. The first-order chi connectivity index (χ1) is 9.67. The first-order valence-electron chi connectivity index (χ1n) is 7.12. The van der Waals surface area contributed by atoms with E-state index in [0.29, 0.717) is 4.77 Å². The molecule has 1 N–H and O–H groups in total. The molecule has 2 rings (SSSR count). The van der Waals surface area contributed by atoms with Gasteiger partial charge in [-0.05, 0) is 32.2 Å². The predicted molar refractivity (Wildman–Crippen MR) is 85.3 cm³/mol. The average molecular weight is 290 g/mol.